The third kappa shape index (κ3) is 3.51. The van der Waals surface area contributed by atoms with Gasteiger partial charge in [-0.05, 0) is 50.1 Å². The molecule has 6 heteroatoms. The fourth-order valence-corrected chi connectivity index (χ4v) is 3.09. The van der Waals surface area contributed by atoms with Gasteiger partial charge in [-0.15, -0.1) is 0 Å². The van der Waals surface area contributed by atoms with Gasteiger partial charge in [-0.3, -0.25) is 0 Å². The molecule has 1 saturated carbocycles. The van der Waals surface area contributed by atoms with Crippen LogP contribution in [0, 0.1) is 0 Å². The van der Waals surface area contributed by atoms with Crippen LogP contribution in [0.25, 0.3) is 0 Å². The summed E-state index contributed by atoms with van der Waals surface area (Å²) in [4.78, 5) is 14.9. The molecule has 0 aromatic carbocycles. The number of aromatic nitrogens is 3. The molecule has 2 aliphatic rings. The zero-order chi connectivity index (χ0) is 13.8. The average Bonchev–Trinajstić information content (AvgIpc) is 2.85. The lowest BCUT2D eigenvalue weighted by atomic mass is 10.2. The SMILES string of the molecule is Clc1nc(OC2CCCCCC2)nc(N2CCCC2)n1. The maximum Gasteiger partial charge on any atom is 0.322 e. The van der Waals surface area contributed by atoms with Crippen molar-refractivity contribution in [1.82, 2.24) is 15.0 Å². The monoisotopic (exact) mass is 296 g/mol. The molecule has 5 nitrogen and oxygen atoms in total. The van der Waals surface area contributed by atoms with Crippen molar-refractivity contribution in [3.8, 4) is 6.01 Å². The number of hydrogen-bond acceptors (Lipinski definition) is 5. The van der Waals surface area contributed by atoms with E-state index in [2.05, 4.69) is 19.9 Å². The second-order valence-electron chi connectivity index (χ2n) is 5.61. The Hall–Kier alpha value is -1.10. The molecular formula is C14H21ClN4O. The summed E-state index contributed by atoms with van der Waals surface area (Å²) in [6, 6.07) is 0.388. The third-order valence-corrected chi connectivity index (χ3v) is 4.21. The molecule has 1 aromatic rings. The van der Waals surface area contributed by atoms with Crippen molar-refractivity contribution < 1.29 is 4.74 Å². The Labute approximate surface area is 124 Å². The van der Waals surface area contributed by atoms with Gasteiger partial charge in [0.25, 0.3) is 0 Å². The zero-order valence-electron chi connectivity index (χ0n) is 11.7. The first-order valence-electron chi connectivity index (χ1n) is 7.64. The minimum atomic E-state index is 0.224. The van der Waals surface area contributed by atoms with Crippen LogP contribution in [0.3, 0.4) is 0 Å². The summed E-state index contributed by atoms with van der Waals surface area (Å²) in [6.45, 7) is 1.98. The maximum atomic E-state index is 6.01. The Bertz CT molecular complexity index is 443. The van der Waals surface area contributed by atoms with Gasteiger partial charge in [0, 0.05) is 13.1 Å². The van der Waals surface area contributed by atoms with Crippen molar-refractivity contribution in [3.05, 3.63) is 5.28 Å². The number of ether oxygens (including phenoxy) is 1. The number of nitrogens with zero attached hydrogens (tertiary/aromatic N) is 4. The van der Waals surface area contributed by atoms with E-state index in [1.807, 2.05) is 0 Å². The van der Waals surface area contributed by atoms with E-state index in [4.69, 9.17) is 16.3 Å². The molecule has 2 heterocycles. The molecule has 0 unspecified atom stereocenters. The van der Waals surface area contributed by atoms with E-state index in [9.17, 15) is 0 Å². The minimum absolute atomic E-state index is 0.224. The van der Waals surface area contributed by atoms with Crippen molar-refractivity contribution in [2.24, 2.45) is 0 Å². The Morgan fingerprint density at radius 3 is 2.30 bits per heavy atom. The van der Waals surface area contributed by atoms with E-state index in [0.717, 1.165) is 25.9 Å². The van der Waals surface area contributed by atoms with Gasteiger partial charge in [0.2, 0.25) is 11.2 Å². The smallest absolute Gasteiger partial charge is 0.322 e. The Morgan fingerprint density at radius 2 is 1.60 bits per heavy atom. The molecule has 1 aliphatic carbocycles. The van der Waals surface area contributed by atoms with Crippen LogP contribution < -0.4 is 9.64 Å². The van der Waals surface area contributed by atoms with Crippen molar-refractivity contribution in [1.29, 1.82) is 0 Å². The highest BCUT2D eigenvalue weighted by Gasteiger charge is 2.20. The van der Waals surface area contributed by atoms with Crippen molar-refractivity contribution in [2.45, 2.75) is 57.5 Å². The van der Waals surface area contributed by atoms with Crippen LogP contribution in [0.2, 0.25) is 5.28 Å². The lowest BCUT2D eigenvalue weighted by Crippen LogP contribution is -2.22. The summed E-state index contributed by atoms with van der Waals surface area (Å²) in [5.74, 6) is 0.658. The highest BCUT2D eigenvalue weighted by atomic mass is 35.5. The minimum Gasteiger partial charge on any atom is -0.460 e. The van der Waals surface area contributed by atoms with Gasteiger partial charge in [-0.25, -0.2) is 0 Å². The van der Waals surface area contributed by atoms with E-state index < -0.39 is 0 Å². The van der Waals surface area contributed by atoms with Crippen LogP contribution in [0.5, 0.6) is 6.01 Å². The Balaban J connectivity index is 1.71. The van der Waals surface area contributed by atoms with Crippen LogP contribution in [-0.4, -0.2) is 34.1 Å². The molecular weight excluding hydrogens is 276 g/mol. The van der Waals surface area contributed by atoms with Crippen LogP contribution in [0.4, 0.5) is 5.95 Å². The van der Waals surface area contributed by atoms with Gasteiger partial charge in [0.1, 0.15) is 6.10 Å². The average molecular weight is 297 g/mol. The first-order chi connectivity index (χ1) is 9.81. The summed E-state index contributed by atoms with van der Waals surface area (Å²) >= 11 is 6.01. The predicted molar refractivity (Wildman–Crippen MR) is 78.4 cm³/mol. The summed E-state index contributed by atoms with van der Waals surface area (Å²) < 4.78 is 5.94. The molecule has 1 aliphatic heterocycles. The van der Waals surface area contributed by atoms with E-state index in [0.29, 0.717) is 12.0 Å². The topological polar surface area (TPSA) is 51.1 Å². The van der Waals surface area contributed by atoms with Gasteiger partial charge in [0.15, 0.2) is 0 Å². The third-order valence-electron chi connectivity index (χ3n) is 4.04. The van der Waals surface area contributed by atoms with Gasteiger partial charge in [-0.1, -0.05) is 12.8 Å². The van der Waals surface area contributed by atoms with E-state index >= 15 is 0 Å². The second kappa shape index (κ2) is 6.57. The first-order valence-corrected chi connectivity index (χ1v) is 8.02. The quantitative estimate of drug-likeness (QED) is 0.802. The van der Waals surface area contributed by atoms with Crippen molar-refractivity contribution >= 4 is 17.5 Å². The number of anilines is 1. The summed E-state index contributed by atoms with van der Waals surface area (Å²) in [5.41, 5.74) is 0. The van der Waals surface area contributed by atoms with Gasteiger partial charge in [-0.2, -0.15) is 15.0 Å². The number of hydrogen-bond donors (Lipinski definition) is 0. The van der Waals surface area contributed by atoms with Crippen LogP contribution in [0.1, 0.15) is 51.4 Å². The first kappa shape index (κ1) is 13.9. The summed E-state index contributed by atoms with van der Waals surface area (Å²) in [6.07, 6.45) is 9.82. The highest BCUT2D eigenvalue weighted by Crippen LogP contribution is 2.23. The molecule has 0 N–H and O–H groups in total. The molecule has 1 aromatic heterocycles. The van der Waals surface area contributed by atoms with Gasteiger partial charge in [0.05, 0.1) is 0 Å². The number of halogens is 1. The molecule has 3 rings (SSSR count). The molecule has 1 saturated heterocycles. The fourth-order valence-electron chi connectivity index (χ4n) is 2.94. The fraction of sp³-hybridized carbons (Fsp3) is 0.786. The second-order valence-corrected chi connectivity index (χ2v) is 5.95. The standard InChI is InChI=1S/C14H21ClN4O/c15-12-16-13(19-9-5-6-10-19)18-14(17-12)20-11-7-3-1-2-4-8-11/h11H,1-10H2. The Morgan fingerprint density at radius 1 is 0.900 bits per heavy atom. The van der Waals surface area contributed by atoms with E-state index in [1.54, 1.807) is 0 Å². The van der Waals surface area contributed by atoms with E-state index in [1.165, 1.54) is 38.5 Å². The van der Waals surface area contributed by atoms with Crippen LogP contribution >= 0.6 is 11.6 Å². The normalized spacial score (nSPS) is 20.9. The molecule has 20 heavy (non-hydrogen) atoms. The summed E-state index contributed by atoms with van der Waals surface area (Å²) in [7, 11) is 0. The molecule has 2 fully saturated rings. The van der Waals surface area contributed by atoms with Crippen LogP contribution in [-0.2, 0) is 0 Å². The molecule has 0 atom stereocenters. The molecule has 0 bridgehead atoms. The van der Waals surface area contributed by atoms with Gasteiger partial charge < -0.3 is 9.64 Å². The summed E-state index contributed by atoms with van der Waals surface area (Å²) in [5, 5.41) is 0.227. The molecule has 0 amide bonds. The molecule has 110 valence electrons. The van der Waals surface area contributed by atoms with Crippen LogP contribution in [0.15, 0.2) is 0 Å². The molecule has 0 spiro atoms. The Kier molecular flexibility index (Phi) is 4.55. The van der Waals surface area contributed by atoms with Gasteiger partial charge >= 0.3 is 6.01 Å². The van der Waals surface area contributed by atoms with E-state index in [-0.39, 0.29) is 11.4 Å². The maximum absolute atomic E-state index is 6.01. The largest absolute Gasteiger partial charge is 0.460 e. The highest BCUT2D eigenvalue weighted by molar-refractivity contribution is 6.28. The molecule has 0 radical (unpaired) electrons. The zero-order valence-corrected chi connectivity index (χ0v) is 12.5. The predicted octanol–water partition coefficient (Wildman–Crippen LogP) is 3.23. The number of rotatable bonds is 3. The van der Waals surface area contributed by atoms with Crippen molar-refractivity contribution in [3.63, 3.8) is 0 Å². The lowest BCUT2D eigenvalue weighted by Gasteiger charge is -2.18. The lowest BCUT2D eigenvalue weighted by molar-refractivity contribution is 0.168. The van der Waals surface area contributed by atoms with Crippen molar-refractivity contribution in [2.75, 3.05) is 18.0 Å².